The Morgan fingerprint density at radius 3 is 2.06 bits per heavy atom. The topological polar surface area (TPSA) is 46.5 Å². The second-order valence-electron chi connectivity index (χ2n) is 4.38. The lowest BCUT2D eigenvalue weighted by Gasteiger charge is -2.24. The molecule has 0 rings (SSSR count). The molecule has 1 atom stereocenters. The van der Waals surface area contributed by atoms with E-state index in [1.807, 2.05) is 13.8 Å². The van der Waals surface area contributed by atoms with Crippen LogP contribution < -0.4 is 0 Å². The minimum atomic E-state index is -2.48. The summed E-state index contributed by atoms with van der Waals surface area (Å²) >= 11 is 0. The molecule has 0 aromatic carbocycles. The molecule has 0 spiro atoms. The summed E-state index contributed by atoms with van der Waals surface area (Å²) in [7, 11) is -2.48. The molecule has 4 heteroatoms. The molecule has 0 saturated carbocycles. The predicted molar refractivity (Wildman–Crippen MR) is 67.6 cm³/mol. The molecule has 0 bridgehead atoms. The molecule has 0 aliphatic carbocycles. The van der Waals surface area contributed by atoms with E-state index in [0.29, 0.717) is 0 Å². The minimum absolute atomic E-state index is 0.381. The van der Waals surface area contributed by atoms with E-state index in [1.165, 1.54) is 25.7 Å². The highest BCUT2D eigenvalue weighted by Crippen LogP contribution is 2.35. The number of rotatable bonds is 10. The van der Waals surface area contributed by atoms with E-state index < -0.39 is 8.25 Å². The van der Waals surface area contributed by atoms with Gasteiger partial charge in [0.25, 0.3) is 0 Å². The van der Waals surface area contributed by atoms with Gasteiger partial charge in [-0.05, 0) is 19.3 Å². The van der Waals surface area contributed by atoms with E-state index in [2.05, 4.69) is 6.92 Å². The number of hydrogen-bond acceptors (Lipinski definition) is 2. The molecule has 0 radical (unpaired) electrons. The van der Waals surface area contributed by atoms with Crippen molar-refractivity contribution in [3.05, 3.63) is 0 Å². The second kappa shape index (κ2) is 9.09. The van der Waals surface area contributed by atoms with Crippen LogP contribution in [0.15, 0.2) is 0 Å². The Balaban J connectivity index is 3.96. The number of hydrogen-bond donors (Lipinski definition) is 1. The third-order valence-electron chi connectivity index (χ3n) is 3.30. The fourth-order valence-corrected chi connectivity index (χ4v) is 2.68. The van der Waals surface area contributed by atoms with E-state index >= 15 is 0 Å². The Morgan fingerprint density at radius 2 is 1.62 bits per heavy atom. The van der Waals surface area contributed by atoms with Gasteiger partial charge in [0.2, 0.25) is 0 Å². The Kier molecular flexibility index (Phi) is 9.10. The first-order valence-electron chi connectivity index (χ1n) is 6.45. The quantitative estimate of drug-likeness (QED) is 0.455. The van der Waals surface area contributed by atoms with Crippen LogP contribution in [0.3, 0.4) is 0 Å². The van der Waals surface area contributed by atoms with Crippen molar-refractivity contribution in [1.29, 1.82) is 0 Å². The molecule has 0 aromatic rings. The van der Waals surface area contributed by atoms with Gasteiger partial charge in [0.15, 0.2) is 0 Å². The lowest BCUT2D eigenvalue weighted by molar-refractivity contribution is 0.0451. The fourth-order valence-electron chi connectivity index (χ4n) is 1.99. The van der Waals surface area contributed by atoms with E-state index in [9.17, 15) is 4.57 Å². The van der Waals surface area contributed by atoms with E-state index in [4.69, 9.17) is 9.42 Å². The molecule has 0 amide bonds. The average Bonchev–Trinajstić information content (AvgIpc) is 2.26. The van der Waals surface area contributed by atoms with E-state index in [1.54, 1.807) is 0 Å². The van der Waals surface area contributed by atoms with Gasteiger partial charge < -0.3 is 0 Å². The van der Waals surface area contributed by atoms with Gasteiger partial charge in [0.05, 0.1) is 0 Å². The number of unbranched alkanes of at least 4 members (excludes halogenated alkanes) is 4. The van der Waals surface area contributed by atoms with Crippen molar-refractivity contribution in [3.63, 3.8) is 0 Å². The molecule has 0 aromatic heterocycles. The predicted octanol–water partition coefficient (Wildman–Crippen LogP) is 4.57. The van der Waals surface area contributed by atoms with Crippen molar-refractivity contribution < 1.29 is 14.0 Å². The van der Waals surface area contributed by atoms with Crippen molar-refractivity contribution in [3.8, 4) is 0 Å². The van der Waals surface area contributed by atoms with Crippen LogP contribution in [0.4, 0.5) is 0 Å². The zero-order valence-electron chi connectivity index (χ0n) is 10.9. The largest absolute Gasteiger partial charge is 0.695 e. The van der Waals surface area contributed by atoms with Gasteiger partial charge in [-0.2, -0.15) is 0 Å². The molecular weight excluding hydrogens is 223 g/mol. The maximum atomic E-state index is 10.8. The van der Waals surface area contributed by atoms with Crippen molar-refractivity contribution in [2.24, 2.45) is 0 Å². The highest BCUT2D eigenvalue weighted by atomic mass is 31.1. The molecule has 3 nitrogen and oxygen atoms in total. The summed E-state index contributed by atoms with van der Waals surface area (Å²) in [5.74, 6) is 0. The maximum Gasteiger partial charge on any atom is 0.695 e. The molecule has 0 saturated heterocycles. The van der Waals surface area contributed by atoms with E-state index in [0.717, 1.165) is 25.7 Å². The summed E-state index contributed by atoms with van der Waals surface area (Å²) in [6.07, 6.45) is 8.56. The Bertz CT molecular complexity index is 191. The normalized spacial score (nSPS) is 12.9. The third kappa shape index (κ3) is 6.57. The van der Waals surface area contributed by atoms with Crippen LogP contribution in [-0.4, -0.2) is 10.5 Å². The van der Waals surface area contributed by atoms with Gasteiger partial charge in [0, 0.05) is 4.57 Å². The molecule has 0 heterocycles. The van der Waals surface area contributed by atoms with Crippen LogP contribution in [0.2, 0.25) is 0 Å². The monoisotopic (exact) mass is 249 g/mol. The van der Waals surface area contributed by atoms with Gasteiger partial charge in [-0.15, -0.1) is 9.42 Å². The van der Waals surface area contributed by atoms with Crippen LogP contribution in [0, 0.1) is 0 Å². The Morgan fingerprint density at radius 1 is 1.06 bits per heavy atom. The maximum absolute atomic E-state index is 10.8. The summed E-state index contributed by atoms with van der Waals surface area (Å²) in [6, 6.07) is 0. The van der Waals surface area contributed by atoms with Gasteiger partial charge in [-0.25, -0.2) is 0 Å². The summed E-state index contributed by atoms with van der Waals surface area (Å²) in [5.41, 5.74) is -0.381. The lowest BCUT2D eigenvalue weighted by atomic mass is 9.90. The first-order valence-corrected chi connectivity index (χ1v) is 7.58. The van der Waals surface area contributed by atoms with Crippen LogP contribution in [0.25, 0.3) is 0 Å². The first-order chi connectivity index (χ1) is 7.60. The standard InChI is InChI=1S/C12H25O3P/c1-4-7-8-9-10-11-12(5-2,6-3)15-16(13)14/h4-11H2,1-3H3/p+1. The van der Waals surface area contributed by atoms with Crippen LogP contribution in [0.5, 0.6) is 0 Å². The van der Waals surface area contributed by atoms with Crippen LogP contribution >= 0.6 is 8.25 Å². The van der Waals surface area contributed by atoms with Crippen LogP contribution in [-0.2, 0) is 9.09 Å². The molecular formula is C12H26O3P+. The SMILES string of the molecule is CCCCCCCC(CC)(CC)O[P+](=O)O. The minimum Gasteiger partial charge on any atom is -0.133 e. The Hall–Kier alpha value is 0.0200. The molecule has 0 fully saturated rings. The van der Waals surface area contributed by atoms with Crippen molar-refractivity contribution in [1.82, 2.24) is 0 Å². The summed E-state index contributed by atoms with van der Waals surface area (Å²) < 4.78 is 16.0. The van der Waals surface area contributed by atoms with Crippen molar-refractivity contribution in [2.75, 3.05) is 0 Å². The van der Waals surface area contributed by atoms with Gasteiger partial charge >= 0.3 is 8.25 Å². The Labute approximate surface area is 101 Å². The zero-order valence-corrected chi connectivity index (χ0v) is 11.8. The molecule has 1 unspecified atom stereocenters. The average molecular weight is 249 g/mol. The highest BCUT2D eigenvalue weighted by molar-refractivity contribution is 7.32. The van der Waals surface area contributed by atoms with E-state index in [-0.39, 0.29) is 5.60 Å². The third-order valence-corrected chi connectivity index (χ3v) is 3.84. The summed E-state index contributed by atoms with van der Waals surface area (Å²) in [5, 5.41) is 0. The first kappa shape index (κ1) is 16.0. The fraction of sp³-hybridized carbons (Fsp3) is 1.00. The lowest BCUT2D eigenvalue weighted by Crippen LogP contribution is -2.28. The van der Waals surface area contributed by atoms with Crippen molar-refractivity contribution >= 4 is 8.25 Å². The zero-order chi connectivity index (χ0) is 12.4. The van der Waals surface area contributed by atoms with Gasteiger partial charge in [0.1, 0.15) is 5.60 Å². The summed E-state index contributed by atoms with van der Waals surface area (Å²) in [6.45, 7) is 6.24. The molecule has 16 heavy (non-hydrogen) atoms. The smallest absolute Gasteiger partial charge is 0.133 e. The summed E-state index contributed by atoms with van der Waals surface area (Å²) in [4.78, 5) is 8.88. The molecule has 96 valence electrons. The highest BCUT2D eigenvalue weighted by Gasteiger charge is 2.36. The molecule has 1 N–H and O–H groups in total. The van der Waals surface area contributed by atoms with Gasteiger partial charge in [-0.1, -0.05) is 52.9 Å². The second-order valence-corrected chi connectivity index (χ2v) is 5.04. The van der Waals surface area contributed by atoms with Crippen LogP contribution in [0.1, 0.15) is 72.1 Å². The molecule has 0 aliphatic rings. The van der Waals surface area contributed by atoms with Gasteiger partial charge in [-0.3, -0.25) is 0 Å². The van der Waals surface area contributed by atoms with Crippen molar-refractivity contribution in [2.45, 2.75) is 77.7 Å². The molecule has 0 aliphatic heterocycles.